The number of hydrogen-bond donors (Lipinski definition) is 0. The molecule has 3 heteroatoms. The van der Waals surface area contributed by atoms with Gasteiger partial charge in [0, 0.05) is 14.5 Å². The molecular weight excluding hydrogens is 196 g/mol. The molecule has 1 nitrogen and oxygen atoms in total. The Labute approximate surface area is 66.0 Å². The van der Waals surface area contributed by atoms with E-state index in [4.69, 9.17) is 0 Å². The maximum atomic E-state index is 10.4. The Bertz CT molecular complexity index is 106. The van der Waals surface area contributed by atoms with Crippen LogP contribution in [-0.4, -0.2) is 12.8 Å². The minimum Gasteiger partial charge on any atom is -0.287 e. The predicted octanol–water partition coefficient (Wildman–Crippen LogP) is 2.64. The van der Waals surface area contributed by atoms with Crippen molar-refractivity contribution in [2.75, 3.05) is 0 Å². The van der Waals surface area contributed by atoms with E-state index in [1.165, 1.54) is 0 Å². The second-order valence-corrected chi connectivity index (χ2v) is 9.92. The Balaban J connectivity index is 3.39. The second-order valence-electron chi connectivity index (χ2n) is 3.42. The first-order valence-corrected chi connectivity index (χ1v) is 7.60. The van der Waals surface area contributed by atoms with E-state index in [9.17, 15) is 4.79 Å². The summed E-state index contributed by atoms with van der Waals surface area (Å²) >= 11 is 2.91. The predicted molar refractivity (Wildman–Crippen MR) is 46.7 cm³/mol. The molecule has 0 saturated carbocycles. The van der Waals surface area contributed by atoms with E-state index < -0.39 is 8.07 Å². The average Bonchev–Trinajstić information content (AvgIpc) is 1.59. The fourth-order valence-electron chi connectivity index (χ4n) is 0.473. The number of carbonyl (C=O) groups is 1. The van der Waals surface area contributed by atoms with Crippen molar-refractivity contribution in [1.82, 2.24) is 0 Å². The zero-order chi connectivity index (χ0) is 7.49. The van der Waals surface area contributed by atoms with Gasteiger partial charge < -0.3 is 0 Å². The lowest BCUT2D eigenvalue weighted by atomic mass is 10.6. The zero-order valence-electron chi connectivity index (χ0n) is 6.20. The van der Waals surface area contributed by atoms with Crippen LogP contribution in [0.5, 0.6) is 0 Å². The lowest BCUT2D eigenvalue weighted by Crippen LogP contribution is -2.19. The summed E-state index contributed by atoms with van der Waals surface area (Å²) in [5, 5.41) is 0. The summed E-state index contributed by atoms with van der Waals surface area (Å²) in [6, 6.07) is 1.09. The molecule has 0 rings (SSSR count). The largest absolute Gasteiger partial charge is 0.287 e. The third-order valence-electron chi connectivity index (χ3n) is 1.07. The number of hydrogen-bond acceptors (Lipinski definition) is 1. The van der Waals surface area contributed by atoms with Gasteiger partial charge in [0.25, 0.3) is 0 Å². The van der Waals surface area contributed by atoms with Gasteiger partial charge in [-0.3, -0.25) is 4.79 Å². The first kappa shape index (κ1) is 9.37. The highest BCUT2D eigenvalue weighted by molar-refractivity contribution is 9.18. The minimum absolute atomic E-state index is 0.143. The van der Waals surface area contributed by atoms with Crippen molar-refractivity contribution in [2.45, 2.75) is 32.1 Å². The van der Waals surface area contributed by atoms with Crippen LogP contribution in [0.25, 0.3) is 0 Å². The number of carbonyl (C=O) groups excluding carboxylic acids is 1. The molecule has 0 aromatic rings. The molecule has 0 aromatic heterocycles. The van der Waals surface area contributed by atoms with E-state index in [1.807, 2.05) is 0 Å². The molecule has 0 heterocycles. The smallest absolute Gasteiger partial charge is 0.197 e. The van der Waals surface area contributed by atoms with Gasteiger partial charge in [-0.05, 0) is 22.0 Å². The average molecular weight is 209 g/mol. The maximum absolute atomic E-state index is 10.4. The SMILES string of the molecule is C[Si](C)(C)CCC(=O)Br. The molecule has 0 amide bonds. The van der Waals surface area contributed by atoms with Gasteiger partial charge in [0.2, 0.25) is 0 Å². The fourth-order valence-corrected chi connectivity index (χ4v) is 2.01. The lowest BCUT2D eigenvalue weighted by Gasteiger charge is -2.12. The zero-order valence-corrected chi connectivity index (χ0v) is 8.79. The maximum Gasteiger partial charge on any atom is 0.197 e. The van der Waals surface area contributed by atoms with Gasteiger partial charge in [-0.25, -0.2) is 0 Å². The summed E-state index contributed by atoms with van der Waals surface area (Å²) in [6.07, 6.45) is 0.704. The van der Waals surface area contributed by atoms with Crippen molar-refractivity contribution in [1.29, 1.82) is 0 Å². The van der Waals surface area contributed by atoms with Crippen LogP contribution >= 0.6 is 15.9 Å². The third kappa shape index (κ3) is 8.37. The molecule has 0 aliphatic heterocycles. The van der Waals surface area contributed by atoms with Gasteiger partial charge in [-0.2, -0.15) is 0 Å². The third-order valence-corrected chi connectivity index (χ3v) is 3.22. The van der Waals surface area contributed by atoms with Crippen molar-refractivity contribution >= 4 is 28.7 Å². The van der Waals surface area contributed by atoms with Crippen molar-refractivity contribution < 1.29 is 4.79 Å². The molecule has 0 saturated heterocycles. The van der Waals surface area contributed by atoms with Gasteiger partial charge in [-0.1, -0.05) is 19.6 Å². The molecule has 0 unspecified atom stereocenters. The molecule has 54 valence electrons. The number of halogens is 1. The summed E-state index contributed by atoms with van der Waals surface area (Å²) in [7, 11) is -0.971. The molecule has 0 N–H and O–H groups in total. The van der Waals surface area contributed by atoms with E-state index >= 15 is 0 Å². The Morgan fingerprint density at radius 2 is 1.89 bits per heavy atom. The van der Waals surface area contributed by atoms with E-state index in [0.717, 1.165) is 6.04 Å². The summed E-state index contributed by atoms with van der Waals surface area (Å²) in [5.74, 6) is 0. The molecule has 0 bridgehead atoms. The van der Waals surface area contributed by atoms with Crippen LogP contribution in [0.1, 0.15) is 6.42 Å². The van der Waals surface area contributed by atoms with Gasteiger partial charge in [-0.15, -0.1) is 0 Å². The van der Waals surface area contributed by atoms with E-state index in [0.29, 0.717) is 6.42 Å². The molecular formula is C6H13BrOSi. The van der Waals surface area contributed by atoms with Gasteiger partial charge in [0.05, 0.1) is 0 Å². The van der Waals surface area contributed by atoms with Gasteiger partial charge in [0.15, 0.2) is 4.69 Å². The van der Waals surface area contributed by atoms with Crippen molar-refractivity contribution in [3.63, 3.8) is 0 Å². The van der Waals surface area contributed by atoms with Crippen LogP contribution < -0.4 is 0 Å². The monoisotopic (exact) mass is 208 g/mol. The van der Waals surface area contributed by atoms with Crippen LogP contribution in [0.3, 0.4) is 0 Å². The normalized spacial score (nSPS) is 11.6. The fraction of sp³-hybridized carbons (Fsp3) is 0.833. The lowest BCUT2D eigenvalue weighted by molar-refractivity contribution is -0.110. The van der Waals surface area contributed by atoms with Crippen molar-refractivity contribution in [2.24, 2.45) is 0 Å². The Kier molecular flexibility index (Phi) is 3.66. The first-order valence-electron chi connectivity index (χ1n) is 3.10. The van der Waals surface area contributed by atoms with Crippen LogP contribution in [-0.2, 0) is 4.79 Å². The summed E-state index contributed by atoms with van der Waals surface area (Å²) in [6.45, 7) is 6.80. The number of rotatable bonds is 3. The van der Waals surface area contributed by atoms with Crippen LogP contribution in [0.4, 0.5) is 0 Å². The standard InChI is InChI=1S/C6H13BrOSi/c1-9(2,3)5-4-6(7)8/h4-5H2,1-3H3. The summed E-state index contributed by atoms with van der Waals surface area (Å²) < 4.78 is 0.143. The van der Waals surface area contributed by atoms with Crippen LogP contribution in [0, 0.1) is 0 Å². The van der Waals surface area contributed by atoms with Crippen LogP contribution in [0.15, 0.2) is 0 Å². The van der Waals surface area contributed by atoms with E-state index in [-0.39, 0.29) is 4.69 Å². The van der Waals surface area contributed by atoms with E-state index in [1.54, 1.807) is 0 Å². The molecule has 0 aliphatic rings. The van der Waals surface area contributed by atoms with E-state index in [2.05, 4.69) is 35.6 Å². The Hall–Kier alpha value is 0.367. The molecule has 0 atom stereocenters. The highest BCUT2D eigenvalue weighted by atomic mass is 79.9. The minimum atomic E-state index is -0.971. The van der Waals surface area contributed by atoms with Crippen molar-refractivity contribution in [3.8, 4) is 0 Å². The highest BCUT2D eigenvalue weighted by Gasteiger charge is 2.13. The first-order chi connectivity index (χ1) is 3.92. The molecule has 0 aromatic carbocycles. The Morgan fingerprint density at radius 3 is 2.00 bits per heavy atom. The van der Waals surface area contributed by atoms with Crippen molar-refractivity contribution in [3.05, 3.63) is 0 Å². The molecule has 0 aliphatic carbocycles. The molecule has 0 fully saturated rings. The van der Waals surface area contributed by atoms with Crippen LogP contribution in [0.2, 0.25) is 25.7 Å². The molecule has 0 spiro atoms. The van der Waals surface area contributed by atoms with Gasteiger partial charge >= 0.3 is 0 Å². The molecule has 0 radical (unpaired) electrons. The highest BCUT2D eigenvalue weighted by Crippen LogP contribution is 2.12. The summed E-state index contributed by atoms with van der Waals surface area (Å²) in [4.78, 5) is 10.4. The second kappa shape index (κ2) is 3.51. The topological polar surface area (TPSA) is 17.1 Å². The Morgan fingerprint density at radius 1 is 1.44 bits per heavy atom. The quantitative estimate of drug-likeness (QED) is 0.515. The summed E-state index contributed by atoms with van der Waals surface area (Å²) in [5.41, 5.74) is 0. The molecule has 9 heavy (non-hydrogen) atoms. The van der Waals surface area contributed by atoms with Gasteiger partial charge in [0.1, 0.15) is 0 Å².